The maximum Gasteiger partial charge on any atom is 0.315 e. The van der Waals surface area contributed by atoms with E-state index in [4.69, 9.17) is 0 Å². The molecule has 0 saturated heterocycles. The van der Waals surface area contributed by atoms with E-state index < -0.39 is 5.60 Å². The van der Waals surface area contributed by atoms with E-state index in [9.17, 15) is 9.90 Å². The number of carbonyl (C=O) groups is 1. The standard InChI is InChI=1S/C17H27N3O2/c1-12(2)14(15-13(3)7-6-10-18-15)20-16(21)19-11-17(22)8-4-5-9-17/h6-7,10,12,14,22H,4-5,8-9,11H2,1-3H3,(H2,19,20,21). The van der Waals surface area contributed by atoms with Gasteiger partial charge in [-0.25, -0.2) is 4.79 Å². The summed E-state index contributed by atoms with van der Waals surface area (Å²) in [6, 6.07) is 3.51. The number of nitrogens with zero attached hydrogens (tertiary/aromatic N) is 1. The molecule has 22 heavy (non-hydrogen) atoms. The highest BCUT2D eigenvalue weighted by Gasteiger charge is 2.31. The predicted molar refractivity (Wildman–Crippen MR) is 86.5 cm³/mol. The summed E-state index contributed by atoms with van der Waals surface area (Å²) in [6.45, 7) is 6.43. The second kappa shape index (κ2) is 7.09. The van der Waals surface area contributed by atoms with E-state index in [1.807, 2.05) is 19.1 Å². The largest absolute Gasteiger partial charge is 0.388 e. The van der Waals surface area contributed by atoms with Gasteiger partial charge in [-0.15, -0.1) is 0 Å². The Bertz CT molecular complexity index is 510. The molecule has 1 aliphatic carbocycles. The number of urea groups is 1. The van der Waals surface area contributed by atoms with Gasteiger partial charge >= 0.3 is 6.03 Å². The number of aryl methyl sites for hydroxylation is 1. The van der Waals surface area contributed by atoms with E-state index in [-0.39, 0.29) is 18.0 Å². The van der Waals surface area contributed by atoms with Gasteiger partial charge in [-0.05, 0) is 37.3 Å². The second-order valence-electron chi connectivity index (χ2n) is 6.69. The fourth-order valence-electron chi connectivity index (χ4n) is 3.02. The molecule has 5 heteroatoms. The van der Waals surface area contributed by atoms with Crippen molar-refractivity contribution in [3.8, 4) is 0 Å². The zero-order valence-electron chi connectivity index (χ0n) is 13.7. The first kappa shape index (κ1) is 16.7. The zero-order valence-corrected chi connectivity index (χ0v) is 13.7. The highest BCUT2D eigenvalue weighted by molar-refractivity contribution is 5.74. The molecule has 2 amide bonds. The number of rotatable bonds is 5. The first-order valence-electron chi connectivity index (χ1n) is 8.09. The van der Waals surface area contributed by atoms with Crippen LogP contribution in [0.4, 0.5) is 4.79 Å². The molecule has 1 aliphatic rings. The van der Waals surface area contributed by atoms with Gasteiger partial charge in [0.1, 0.15) is 0 Å². The molecule has 1 saturated carbocycles. The molecule has 1 aromatic rings. The van der Waals surface area contributed by atoms with Crippen LogP contribution < -0.4 is 10.6 Å². The average Bonchev–Trinajstić information content (AvgIpc) is 2.91. The van der Waals surface area contributed by atoms with Crippen LogP contribution >= 0.6 is 0 Å². The fraction of sp³-hybridized carbons (Fsp3) is 0.647. The summed E-state index contributed by atoms with van der Waals surface area (Å²) in [4.78, 5) is 16.6. The van der Waals surface area contributed by atoms with Crippen molar-refractivity contribution in [1.29, 1.82) is 0 Å². The Hall–Kier alpha value is -1.62. The Kier molecular flexibility index (Phi) is 5.40. The maximum absolute atomic E-state index is 12.2. The van der Waals surface area contributed by atoms with Crippen LogP contribution in [0.1, 0.15) is 56.8 Å². The molecule has 1 atom stereocenters. The number of amides is 2. The summed E-state index contributed by atoms with van der Waals surface area (Å²) in [5.41, 5.74) is 1.23. The third kappa shape index (κ3) is 4.19. The van der Waals surface area contributed by atoms with Gasteiger partial charge in [-0.3, -0.25) is 4.98 Å². The van der Waals surface area contributed by atoms with Gasteiger partial charge in [-0.1, -0.05) is 32.8 Å². The lowest BCUT2D eigenvalue weighted by atomic mass is 9.97. The van der Waals surface area contributed by atoms with Crippen LogP contribution in [-0.2, 0) is 0 Å². The van der Waals surface area contributed by atoms with Crippen LogP contribution in [-0.4, -0.2) is 28.3 Å². The predicted octanol–water partition coefficient (Wildman–Crippen LogP) is 2.69. The molecule has 0 aromatic carbocycles. The van der Waals surface area contributed by atoms with Crippen LogP contribution in [0.15, 0.2) is 18.3 Å². The molecule has 0 radical (unpaired) electrons. The molecule has 0 bridgehead atoms. The summed E-state index contributed by atoms with van der Waals surface area (Å²) >= 11 is 0. The number of carbonyl (C=O) groups excluding carboxylic acids is 1. The lowest BCUT2D eigenvalue weighted by Gasteiger charge is -2.26. The van der Waals surface area contributed by atoms with Crippen molar-refractivity contribution in [3.05, 3.63) is 29.6 Å². The summed E-state index contributed by atoms with van der Waals surface area (Å²) in [7, 11) is 0. The van der Waals surface area contributed by atoms with Crippen molar-refractivity contribution < 1.29 is 9.90 Å². The molecule has 1 aromatic heterocycles. The minimum Gasteiger partial charge on any atom is -0.388 e. The number of hydrogen-bond donors (Lipinski definition) is 3. The molecule has 2 rings (SSSR count). The van der Waals surface area contributed by atoms with Crippen molar-refractivity contribution in [2.75, 3.05) is 6.54 Å². The van der Waals surface area contributed by atoms with Gasteiger partial charge < -0.3 is 15.7 Å². The molecule has 122 valence electrons. The van der Waals surface area contributed by atoms with E-state index in [1.54, 1.807) is 6.20 Å². The van der Waals surface area contributed by atoms with Gasteiger partial charge in [0.25, 0.3) is 0 Å². The van der Waals surface area contributed by atoms with Crippen molar-refractivity contribution in [3.63, 3.8) is 0 Å². The van der Waals surface area contributed by atoms with Crippen LogP contribution in [0.25, 0.3) is 0 Å². The zero-order chi connectivity index (χ0) is 16.2. The topological polar surface area (TPSA) is 74.2 Å². The number of hydrogen-bond acceptors (Lipinski definition) is 3. The van der Waals surface area contributed by atoms with E-state index in [2.05, 4.69) is 29.5 Å². The number of nitrogens with one attached hydrogen (secondary N) is 2. The number of aromatic nitrogens is 1. The molecule has 1 heterocycles. The van der Waals surface area contributed by atoms with Crippen LogP contribution in [0.5, 0.6) is 0 Å². The number of aliphatic hydroxyl groups is 1. The van der Waals surface area contributed by atoms with E-state index >= 15 is 0 Å². The lowest BCUT2D eigenvalue weighted by molar-refractivity contribution is 0.0499. The lowest BCUT2D eigenvalue weighted by Crippen LogP contribution is -2.46. The van der Waals surface area contributed by atoms with Crippen molar-refractivity contribution in [2.45, 2.75) is 58.1 Å². The molecular formula is C17H27N3O2. The molecule has 3 N–H and O–H groups in total. The highest BCUT2D eigenvalue weighted by atomic mass is 16.3. The number of pyridine rings is 1. The van der Waals surface area contributed by atoms with Gasteiger partial charge in [0.05, 0.1) is 17.3 Å². The van der Waals surface area contributed by atoms with E-state index in [0.29, 0.717) is 6.54 Å². The minimum absolute atomic E-state index is 0.139. The Labute approximate surface area is 132 Å². The molecule has 5 nitrogen and oxygen atoms in total. The quantitative estimate of drug-likeness (QED) is 0.783. The normalized spacial score (nSPS) is 18.2. The smallest absolute Gasteiger partial charge is 0.315 e. The molecule has 1 fully saturated rings. The third-order valence-corrected chi connectivity index (χ3v) is 4.41. The van der Waals surface area contributed by atoms with Crippen LogP contribution in [0.3, 0.4) is 0 Å². The van der Waals surface area contributed by atoms with Crippen molar-refractivity contribution in [2.24, 2.45) is 5.92 Å². The first-order chi connectivity index (χ1) is 10.4. The average molecular weight is 305 g/mol. The summed E-state index contributed by atoms with van der Waals surface area (Å²) < 4.78 is 0. The van der Waals surface area contributed by atoms with Gasteiger partial charge in [0.2, 0.25) is 0 Å². The SMILES string of the molecule is Cc1cccnc1C(NC(=O)NCC1(O)CCCC1)C(C)C. The second-order valence-corrected chi connectivity index (χ2v) is 6.69. The molecular weight excluding hydrogens is 278 g/mol. The maximum atomic E-state index is 12.2. The summed E-state index contributed by atoms with van der Waals surface area (Å²) in [5, 5.41) is 16.1. The first-order valence-corrected chi connectivity index (χ1v) is 8.09. The fourth-order valence-corrected chi connectivity index (χ4v) is 3.02. The van der Waals surface area contributed by atoms with E-state index in [1.165, 1.54) is 0 Å². The third-order valence-electron chi connectivity index (χ3n) is 4.41. The Morgan fingerprint density at radius 2 is 2.09 bits per heavy atom. The Balaban J connectivity index is 1.96. The molecule has 0 spiro atoms. The highest BCUT2D eigenvalue weighted by Crippen LogP contribution is 2.28. The van der Waals surface area contributed by atoms with Gasteiger partial charge in [0, 0.05) is 12.7 Å². The summed E-state index contributed by atoms with van der Waals surface area (Å²) in [6.07, 6.45) is 5.34. The molecule has 1 unspecified atom stereocenters. The Morgan fingerprint density at radius 1 is 1.41 bits per heavy atom. The van der Waals surface area contributed by atoms with Crippen molar-refractivity contribution in [1.82, 2.24) is 15.6 Å². The Morgan fingerprint density at radius 3 is 2.68 bits per heavy atom. The van der Waals surface area contributed by atoms with Gasteiger partial charge in [0.15, 0.2) is 0 Å². The minimum atomic E-state index is -0.731. The van der Waals surface area contributed by atoms with Crippen LogP contribution in [0.2, 0.25) is 0 Å². The monoisotopic (exact) mass is 305 g/mol. The van der Waals surface area contributed by atoms with Crippen molar-refractivity contribution >= 4 is 6.03 Å². The summed E-state index contributed by atoms with van der Waals surface area (Å²) in [5.74, 6) is 0.230. The van der Waals surface area contributed by atoms with Gasteiger partial charge in [-0.2, -0.15) is 0 Å². The van der Waals surface area contributed by atoms with Crippen LogP contribution in [0, 0.1) is 12.8 Å². The van der Waals surface area contributed by atoms with E-state index in [0.717, 1.165) is 36.9 Å². The molecule has 0 aliphatic heterocycles.